The van der Waals surface area contributed by atoms with Gasteiger partial charge in [0.05, 0.1) is 0 Å². The van der Waals surface area contributed by atoms with Gasteiger partial charge in [-0.25, -0.2) is 9.97 Å². The van der Waals surface area contributed by atoms with E-state index in [1.165, 1.54) is 6.42 Å². The summed E-state index contributed by atoms with van der Waals surface area (Å²) in [4.78, 5) is 10.6. The van der Waals surface area contributed by atoms with Crippen molar-refractivity contribution < 1.29 is 0 Å². The smallest absolute Gasteiger partial charge is 0.131 e. The molecule has 1 aromatic rings. The van der Waals surface area contributed by atoms with Gasteiger partial charge in [-0.1, -0.05) is 24.3 Å². The lowest BCUT2D eigenvalue weighted by molar-refractivity contribution is 0.386. The van der Waals surface area contributed by atoms with E-state index >= 15 is 0 Å². The molecule has 0 spiro atoms. The summed E-state index contributed by atoms with van der Waals surface area (Å²) < 4.78 is 0. The van der Waals surface area contributed by atoms with Crippen LogP contribution in [-0.2, 0) is 0 Å². The van der Waals surface area contributed by atoms with E-state index in [2.05, 4.69) is 39.2 Å². The van der Waals surface area contributed by atoms with E-state index in [1.54, 1.807) is 6.33 Å². The maximum Gasteiger partial charge on any atom is 0.131 e. The van der Waals surface area contributed by atoms with Crippen LogP contribution in [-0.4, -0.2) is 23.1 Å². The Bertz CT molecular complexity index is 416. The Morgan fingerprint density at radius 1 is 1.18 bits per heavy atom. The summed E-state index contributed by atoms with van der Waals surface area (Å²) in [5.41, 5.74) is 0. The standard InChI is InChI=1S/C13H15N3.ClH/c1-2-4-12-9-16(8-6-11(12)3-1)13-5-7-14-10-15-13;/h1-5,7,10-12H,6,8-9H2;1H. The largest absolute Gasteiger partial charge is 0.356 e. The lowest BCUT2D eigenvalue weighted by Gasteiger charge is -2.37. The maximum absolute atomic E-state index is 4.31. The molecule has 1 aromatic heterocycles. The van der Waals surface area contributed by atoms with Crippen molar-refractivity contribution in [1.82, 2.24) is 9.97 Å². The Morgan fingerprint density at radius 2 is 2.00 bits per heavy atom. The van der Waals surface area contributed by atoms with Crippen molar-refractivity contribution in [3.05, 3.63) is 42.9 Å². The van der Waals surface area contributed by atoms with Gasteiger partial charge in [0.25, 0.3) is 0 Å². The summed E-state index contributed by atoms with van der Waals surface area (Å²) in [5, 5.41) is 0. The number of rotatable bonds is 1. The second-order valence-electron chi connectivity index (χ2n) is 4.40. The summed E-state index contributed by atoms with van der Waals surface area (Å²) in [6, 6.07) is 1.99. The van der Waals surface area contributed by atoms with E-state index < -0.39 is 0 Å². The van der Waals surface area contributed by atoms with Gasteiger partial charge in [0.2, 0.25) is 0 Å². The van der Waals surface area contributed by atoms with Crippen LogP contribution in [0.25, 0.3) is 0 Å². The molecule has 0 amide bonds. The maximum atomic E-state index is 4.31. The lowest BCUT2D eigenvalue weighted by Crippen LogP contribution is -2.40. The van der Waals surface area contributed by atoms with E-state index in [0.717, 1.165) is 24.8 Å². The normalized spacial score (nSPS) is 26.2. The van der Waals surface area contributed by atoms with Crippen molar-refractivity contribution in [2.75, 3.05) is 18.0 Å². The minimum Gasteiger partial charge on any atom is -0.356 e. The molecule has 17 heavy (non-hydrogen) atoms. The monoisotopic (exact) mass is 249 g/mol. The fourth-order valence-electron chi connectivity index (χ4n) is 2.54. The first-order chi connectivity index (χ1) is 7.93. The number of halogens is 1. The molecule has 0 N–H and O–H groups in total. The predicted octanol–water partition coefficient (Wildman–Crippen LogP) is 2.47. The first kappa shape index (κ1) is 12.1. The third-order valence-electron chi connectivity index (χ3n) is 3.43. The molecule has 1 saturated heterocycles. The molecule has 0 saturated carbocycles. The molecule has 2 unspecified atom stereocenters. The highest BCUT2D eigenvalue weighted by Gasteiger charge is 2.27. The summed E-state index contributed by atoms with van der Waals surface area (Å²) in [5.74, 6) is 2.42. The molecular weight excluding hydrogens is 234 g/mol. The van der Waals surface area contributed by atoms with Gasteiger partial charge in [0.1, 0.15) is 12.1 Å². The molecule has 1 aliphatic heterocycles. The molecule has 3 rings (SSSR count). The summed E-state index contributed by atoms with van der Waals surface area (Å²) in [6.45, 7) is 2.17. The highest BCUT2D eigenvalue weighted by molar-refractivity contribution is 5.85. The average molecular weight is 250 g/mol. The quantitative estimate of drug-likeness (QED) is 0.766. The number of fused-ring (bicyclic) bond motifs is 1. The number of nitrogens with zero attached hydrogens (tertiary/aromatic N) is 3. The SMILES string of the molecule is C1=CC2CCN(c3ccncn3)CC2C=C1.Cl. The van der Waals surface area contributed by atoms with Crippen molar-refractivity contribution >= 4 is 18.2 Å². The van der Waals surface area contributed by atoms with Crippen molar-refractivity contribution in [3.8, 4) is 0 Å². The average Bonchev–Trinajstić information content (AvgIpc) is 2.39. The van der Waals surface area contributed by atoms with Crippen LogP contribution in [0.5, 0.6) is 0 Å². The molecule has 2 aliphatic rings. The van der Waals surface area contributed by atoms with Gasteiger partial charge < -0.3 is 4.90 Å². The number of anilines is 1. The fourth-order valence-corrected chi connectivity index (χ4v) is 2.54. The summed E-state index contributed by atoms with van der Waals surface area (Å²) in [7, 11) is 0. The van der Waals surface area contributed by atoms with Gasteiger partial charge in [0.15, 0.2) is 0 Å². The van der Waals surface area contributed by atoms with Crippen LogP contribution in [0.15, 0.2) is 42.9 Å². The fraction of sp³-hybridized carbons (Fsp3) is 0.385. The zero-order valence-corrected chi connectivity index (χ0v) is 10.4. The zero-order valence-electron chi connectivity index (χ0n) is 9.57. The topological polar surface area (TPSA) is 29.0 Å². The second kappa shape index (κ2) is 5.32. The number of piperidine rings is 1. The predicted molar refractivity (Wildman–Crippen MR) is 71.4 cm³/mol. The number of hydrogen-bond acceptors (Lipinski definition) is 3. The molecule has 0 aromatic carbocycles. The Hall–Kier alpha value is -1.35. The summed E-state index contributed by atoms with van der Waals surface area (Å²) >= 11 is 0. The van der Waals surface area contributed by atoms with Crippen molar-refractivity contribution in [2.24, 2.45) is 11.8 Å². The van der Waals surface area contributed by atoms with Crippen LogP contribution in [0.4, 0.5) is 5.82 Å². The molecule has 0 bridgehead atoms. The molecule has 3 nitrogen and oxygen atoms in total. The van der Waals surface area contributed by atoms with E-state index in [9.17, 15) is 0 Å². The Morgan fingerprint density at radius 3 is 2.76 bits per heavy atom. The van der Waals surface area contributed by atoms with Crippen LogP contribution in [0.1, 0.15) is 6.42 Å². The molecule has 90 valence electrons. The van der Waals surface area contributed by atoms with E-state index in [0.29, 0.717) is 5.92 Å². The molecule has 1 fully saturated rings. The Kier molecular flexibility index (Phi) is 3.79. The first-order valence-corrected chi connectivity index (χ1v) is 5.79. The van der Waals surface area contributed by atoms with Crippen molar-refractivity contribution in [1.29, 1.82) is 0 Å². The van der Waals surface area contributed by atoms with Gasteiger partial charge in [-0.2, -0.15) is 0 Å². The van der Waals surface area contributed by atoms with Crippen LogP contribution >= 0.6 is 12.4 Å². The zero-order chi connectivity index (χ0) is 10.8. The minimum atomic E-state index is 0. The van der Waals surface area contributed by atoms with E-state index in [1.807, 2.05) is 12.3 Å². The van der Waals surface area contributed by atoms with Crippen molar-refractivity contribution in [3.63, 3.8) is 0 Å². The van der Waals surface area contributed by atoms with Crippen LogP contribution < -0.4 is 4.90 Å². The van der Waals surface area contributed by atoms with E-state index in [4.69, 9.17) is 0 Å². The molecule has 4 heteroatoms. The van der Waals surface area contributed by atoms with Gasteiger partial charge in [-0.15, -0.1) is 12.4 Å². The summed E-state index contributed by atoms with van der Waals surface area (Å²) in [6.07, 6.45) is 13.6. The number of allylic oxidation sites excluding steroid dienone is 3. The van der Waals surface area contributed by atoms with E-state index in [-0.39, 0.29) is 12.4 Å². The Balaban J connectivity index is 0.00000108. The Labute approximate surface area is 108 Å². The molecular formula is C13H16ClN3. The molecule has 1 aliphatic carbocycles. The number of hydrogen-bond donors (Lipinski definition) is 0. The van der Waals surface area contributed by atoms with Gasteiger partial charge in [-0.05, 0) is 18.4 Å². The second-order valence-corrected chi connectivity index (χ2v) is 4.40. The lowest BCUT2D eigenvalue weighted by atomic mass is 9.83. The minimum absolute atomic E-state index is 0. The molecule has 0 radical (unpaired) electrons. The van der Waals surface area contributed by atoms with Gasteiger partial charge >= 0.3 is 0 Å². The van der Waals surface area contributed by atoms with Crippen LogP contribution in [0.3, 0.4) is 0 Å². The van der Waals surface area contributed by atoms with Crippen molar-refractivity contribution in [2.45, 2.75) is 6.42 Å². The number of aromatic nitrogens is 2. The highest BCUT2D eigenvalue weighted by Crippen LogP contribution is 2.30. The van der Waals surface area contributed by atoms with Crippen LogP contribution in [0.2, 0.25) is 0 Å². The molecule has 2 atom stereocenters. The third-order valence-corrected chi connectivity index (χ3v) is 3.43. The highest BCUT2D eigenvalue weighted by atomic mass is 35.5. The third kappa shape index (κ3) is 2.50. The van der Waals surface area contributed by atoms with Crippen LogP contribution in [0, 0.1) is 11.8 Å². The van der Waals surface area contributed by atoms with Gasteiger partial charge in [-0.3, -0.25) is 0 Å². The molecule has 2 heterocycles. The first-order valence-electron chi connectivity index (χ1n) is 5.79. The van der Waals surface area contributed by atoms with Gasteiger partial charge in [0, 0.05) is 25.2 Å².